The molecule has 0 saturated carbocycles. The van der Waals surface area contributed by atoms with Crippen molar-refractivity contribution in [2.75, 3.05) is 6.61 Å². The van der Waals surface area contributed by atoms with E-state index in [1.807, 2.05) is 0 Å². The fraction of sp³-hybridized carbons (Fsp3) is 0.800. The molecule has 0 aromatic carbocycles. The van der Waals surface area contributed by atoms with E-state index in [2.05, 4.69) is 0 Å². The summed E-state index contributed by atoms with van der Waals surface area (Å²) in [6.07, 6.45) is -0.984. The SMILES string of the molecule is CCOC(CC(=O)O)CC(=O)OC(C)C. The number of aliphatic carboxylic acids is 1. The number of esters is 1. The van der Waals surface area contributed by atoms with E-state index in [-0.39, 0.29) is 18.9 Å². The van der Waals surface area contributed by atoms with Crippen molar-refractivity contribution in [1.29, 1.82) is 0 Å². The van der Waals surface area contributed by atoms with E-state index in [1.165, 1.54) is 0 Å². The maximum Gasteiger partial charge on any atom is 0.308 e. The van der Waals surface area contributed by atoms with Crippen LogP contribution in [0.1, 0.15) is 33.6 Å². The van der Waals surface area contributed by atoms with Crippen LogP contribution in [0, 0.1) is 0 Å². The van der Waals surface area contributed by atoms with Gasteiger partial charge in [-0.25, -0.2) is 0 Å². The highest BCUT2D eigenvalue weighted by Gasteiger charge is 2.18. The molecular formula is C10H18O5. The topological polar surface area (TPSA) is 72.8 Å². The van der Waals surface area contributed by atoms with E-state index in [0.29, 0.717) is 6.61 Å². The minimum atomic E-state index is -0.981. The number of ether oxygens (including phenoxy) is 2. The fourth-order valence-corrected chi connectivity index (χ4v) is 1.12. The number of carbonyl (C=O) groups excluding carboxylic acids is 1. The van der Waals surface area contributed by atoms with Crippen LogP contribution in [0.3, 0.4) is 0 Å². The second kappa shape index (κ2) is 7.23. The summed E-state index contributed by atoms with van der Waals surface area (Å²) >= 11 is 0. The molecule has 15 heavy (non-hydrogen) atoms. The summed E-state index contributed by atoms with van der Waals surface area (Å²) in [6, 6.07) is 0. The lowest BCUT2D eigenvalue weighted by Gasteiger charge is -2.15. The molecule has 1 unspecified atom stereocenters. The van der Waals surface area contributed by atoms with Crippen molar-refractivity contribution in [1.82, 2.24) is 0 Å². The quantitative estimate of drug-likeness (QED) is 0.650. The number of carbonyl (C=O) groups is 2. The lowest BCUT2D eigenvalue weighted by atomic mass is 10.2. The van der Waals surface area contributed by atoms with Crippen LogP contribution in [0.15, 0.2) is 0 Å². The zero-order valence-corrected chi connectivity index (χ0v) is 9.36. The molecule has 0 aliphatic carbocycles. The largest absolute Gasteiger partial charge is 0.481 e. The lowest BCUT2D eigenvalue weighted by Crippen LogP contribution is -2.24. The maximum absolute atomic E-state index is 11.2. The molecule has 0 saturated heterocycles. The summed E-state index contributed by atoms with van der Waals surface area (Å²) in [5.74, 6) is -1.41. The molecule has 1 atom stereocenters. The first kappa shape index (κ1) is 13.9. The van der Waals surface area contributed by atoms with Gasteiger partial charge >= 0.3 is 11.9 Å². The number of hydrogen-bond acceptors (Lipinski definition) is 4. The summed E-state index contributed by atoms with van der Waals surface area (Å²) in [7, 11) is 0. The summed E-state index contributed by atoms with van der Waals surface area (Å²) in [6.45, 7) is 5.62. The molecule has 1 N–H and O–H groups in total. The van der Waals surface area contributed by atoms with E-state index in [1.54, 1.807) is 20.8 Å². The Morgan fingerprint density at radius 2 is 1.87 bits per heavy atom. The van der Waals surface area contributed by atoms with Crippen LogP contribution in [0.4, 0.5) is 0 Å². The van der Waals surface area contributed by atoms with Gasteiger partial charge in [-0.1, -0.05) is 0 Å². The van der Waals surface area contributed by atoms with E-state index in [9.17, 15) is 9.59 Å². The van der Waals surface area contributed by atoms with Crippen LogP contribution < -0.4 is 0 Å². The van der Waals surface area contributed by atoms with Crippen molar-refractivity contribution >= 4 is 11.9 Å². The Hall–Kier alpha value is -1.10. The first-order valence-corrected chi connectivity index (χ1v) is 4.98. The third-order valence-electron chi connectivity index (χ3n) is 1.57. The Morgan fingerprint density at radius 3 is 2.27 bits per heavy atom. The highest BCUT2D eigenvalue weighted by atomic mass is 16.5. The third-order valence-corrected chi connectivity index (χ3v) is 1.57. The van der Waals surface area contributed by atoms with Crippen molar-refractivity contribution in [2.45, 2.75) is 45.8 Å². The smallest absolute Gasteiger partial charge is 0.308 e. The van der Waals surface area contributed by atoms with Gasteiger partial charge in [0.2, 0.25) is 0 Å². The Morgan fingerprint density at radius 1 is 1.27 bits per heavy atom. The van der Waals surface area contributed by atoms with Crippen LogP contribution in [0.25, 0.3) is 0 Å². The van der Waals surface area contributed by atoms with E-state index < -0.39 is 18.0 Å². The summed E-state index contributed by atoms with van der Waals surface area (Å²) in [4.78, 5) is 21.7. The van der Waals surface area contributed by atoms with Gasteiger partial charge < -0.3 is 14.6 Å². The molecule has 0 heterocycles. The van der Waals surface area contributed by atoms with Crippen LogP contribution in [0.2, 0.25) is 0 Å². The van der Waals surface area contributed by atoms with Gasteiger partial charge in [0.15, 0.2) is 0 Å². The maximum atomic E-state index is 11.2. The van der Waals surface area contributed by atoms with Crippen molar-refractivity contribution < 1.29 is 24.2 Å². The Bertz CT molecular complexity index is 212. The molecule has 0 fully saturated rings. The van der Waals surface area contributed by atoms with Crippen molar-refractivity contribution in [3.05, 3.63) is 0 Å². The molecular weight excluding hydrogens is 200 g/mol. The normalized spacial score (nSPS) is 12.5. The molecule has 5 nitrogen and oxygen atoms in total. The molecule has 0 spiro atoms. The monoisotopic (exact) mass is 218 g/mol. The van der Waals surface area contributed by atoms with Crippen LogP contribution in [0.5, 0.6) is 0 Å². The standard InChI is InChI=1S/C10H18O5/c1-4-14-8(5-9(11)12)6-10(13)15-7(2)3/h7-8H,4-6H2,1-3H3,(H,11,12). The number of carboxylic acid groups (broad SMARTS) is 1. The highest BCUT2D eigenvalue weighted by Crippen LogP contribution is 2.06. The van der Waals surface area contributed by atoms with Crippen LogP contribution in [-0.2, 0) is 19.1 Å². The molecule has 0 amide bonds. The molecule has 0 aromatic heterocycles. The van der Waals surface area contributed by atoms with Gasteiger partial charge in [-0.15, -0.1) is 0 Å². The molecule has 0 radical (unpaired) electrons. The van der Waals surface area contributed by atoms with Crippen molar-refractivity contribution in [2.24, 2.45) is 0 Å². The van der Waals surface area contributed by atoms with Crippen molar-refractivity contribution in [3.63, 3.8) is 0 Å². The molecule has 0 aliphatic heterocycles. The predicted molar refractivity (Wildman–Crippen MR) is 53.5 cm³/mol. The van der Waals surface area contributed by atoms with Crippen LogP contribution >= 0.6 is 0 Å². The number of carboxylic acids is 1. The molecule has 0 bridgehead atoms. The van der Waals surface area contributed by atoms with E-state index in [4.69, 9.17) is 14.6 Å². The summed E-state index contributed by atoms with van der Waals surface area (Å²) < 4.78 is 10.0. The third kappa shape index (κ3) is 7.93. The van der Waals surface area contributed by atoms with E-state index >= 15 is 0 Å². The van der Waals surface area contributed by atoms with Gasteiger partial charge in [0.1, 0.15) is 0 Å². The number of hydrogen-bond donors (Lipinski definition) is 1. The predicted octanol–water partition coefficient (Wildman–Crippen LogP) is 1.21. The van der Waals surface area contributed by atoms with E-state index in [0.717, 1.165) is 0 Å². The Balaban J connectivity index is 4.03. The Labute approximate surface area is 89.4 Å². The molecule has 5 heteroatoms. The second-order valence-corrected chi connectivity index (χ2v) is 3.42. The average Bonchev–Trinajstić information content (AvgIpc) is 2.00. The molecule has 0 aliphatic rings. The first-order chi connectivity index (χ1) is 6.95. The minimum absolute atomic E-state index is 0.0156. The minimum Gasteiger partial charge on any atom is -0.481 e. The van der Waals surface area contributed by atoms with Gasteiger partial charge in [-0.2, -0.15) is 0 Å². The summed E-state index contributed by atoms with van der Waals surface area (Å²) in [5, 5.41) is 8.57. The first-order valence-electron chi connectivity index (χ1n) is 4.98. The second-order valence-electron chi connectivity index (χ2n) is 3.42. The van der Waals surface area contributed by atoms with Gasteiger partial charge in [0.05, 0.1) is 25.0 Å². The lowest BCUT2D eigenvalue weighted by molar-refractivity contribution is -0.151. The molecule has 88 valence electrons. The van der Waals surface area contributed by atoms with Gasteiger partial charge in [0, 0.05) is 6.61 Å². The van der Waals surface area contributed by atoms with Gasteiger partial charge in [-0.05, 0) is 20.8 Å². The zero-order chi connectivity index (χ0) is 11.8. The van der Waals surface area contributed by atoms with Crippen molar-refractivity contribution in [3.8, 4) is 0 Å². The summed E-state index contributed by atoms with van der Waals surface area (Å²) in [5.41, 5.74) is 0. The highest BCUT2D eigenvalue weighted by molar-refractivity contribution is 5.72. The van der Waals surface area contributed by atoms with Gasteiger partial charge in [0.25, 0.3) is 0 Å². The Kier molecular flexibility index (Phi) is 6.70. The van der Waals surface area contributed by atoms with Gasteiger partial charge in [-0.3, -0.25) is 9.59 Å². The molecule has 0 aromatic rings. The fourth-order valence-electron chi connectivity index (χ4n) is 1.12. The molecule has 0 rings (SSSR count). The average molecular weight is 218 g/mol. The number of rotatable bonds is 7. The zero-order valence-electron chi connectivity index (χ0n) is 9.36. The van der Waals surface area contributed by atoms with Crippen LogP contribution in [-0.4, -0.2) is 35.9 Å².